The average molecular weight is 543 g/mol. The number of benzene rings is 1. The second-order valence-corrected chi connectivity index (χ2v) is 8.58. The van der Waals surface area contributed by atoms with Gasteiger partial charge in [-0.15, -0.1) is 24.0 Å². The number of rotatable bonds is 8. The summed E-state index contributed by atoms with van der Waals surface area (Å²) in [5.74, 6) is 0.869. The second kappa shape index (κ2) is 12.9. The molecule has 8 heteroatoms. The van der Waals surface area contributed by atoms with Crippen molar-refractivity contribution in [3.8, 4) is 0 Å². The first-order chi connectivity index (χ1) is 14.3. The Morgan fingerprint density at radius 2 is 1.71 bits per heavy atom. The van der Waals surface area contributed by atoms with Gasteiger partial charge in [0.1, 0.15) is 0 Å². The standard InChI is InChI=1S/C23H37N5O2.HI/c1-6-24-22(26-16-23(13-7-8-14-23)21(30)28(4)5)25-15-18-9-11-19(12-10-18)27-20(29)17(2)3;/h9-12,17H,6-8,13-16H2,1-5H3,(H,27,29)(H2,24,25,26);1H. The van der Waals surface area contributed by atoms with E-state index in [0.29, 0.717) is 19.0 Å². The van der Waals surface area contributed by atoms with E-state index in [0.717, 1.165) is 43.5 Å². The second-order valence-electron chi connectivity index (χ2n) is 8.58. The molecule has 1 aromatic carbocycles. The van der Waals surface area contributed by atoms with E-state index in [9.17, 15) is 9.59 Å². The molecule has 0 unspecified atom stereocenters. The fraction of sp³-hybridized carbons (Fsp3) is 0.609. The topological polar surface area (TPSA) is 85.8 Å². The summed E-state index contributed by atoms with van der Waals surface area (Å²) in [5, 5.41) is 9.56. The van der Waals surface area contributed by atoms with E-state index < -0.39 is 0 Å². The quantitative estimate of drug-likeness (QED) is 0.266. The van der Waals surface area contributed by atoms with Crippen molar-refractivity contribution >= 4 is 47.4 Å². The van der Waals surface area contributed by atoms with E-state index in [1.54, 1.807) is 4.90 Å². The third kappa shape index (κ3) is 7.97. The van der Waals surface area contributed by atoms with Gasteiger partial charge in [0, 0.05) is 38.8 Å². The number of carbonyl (C=O) groups excluding carboxylic acids is 2. The maximum absolute atomic E-state index is 12.8. The van der Waals surface area contributed by atoms with Crippen LogP contribution in [0.15, 0.2) is 29.3 Å². The lowest BCUT2D eigenvalue weighted by molar-refractivity contribution is -0.138. The molecule has 1 fully saturated rings. The molecule has 0 atom stereocenters. The highest BCUT2D eigenvalue weighted by atomic mass is 127. The highest BCUT2D eigenvalue weighted by Crippen LogP contribution is 2.38. The number of guanidine groups is 1. The molecule has 0 radical (unpaired) electrons. The summed E-state index contributed by atoms with van der Waals surface area (Å²) in [6.07, 6.45) is 4.02. The molecule has 7 nitrogen and oxygen atoms in total. The van der Waals surface area contributed by atoms with Crippen LogP contribution in [0, 0.1) is 11.3 Å². The average Bonchev–Trinajstić information content (AvgIpc) is 3.20. The van der Waals surface area contributed by atoms with Crippen molar-refractivity contribution in [2.75, 3.05) is 32.5 Å². The molecular formula is C23H38IN5O2. The van der Waals surface area contributed by atoms with E-state index in [2.05, 4.69) is 20.9 Å². The Kier molecular flexibility index (Phi) is 11.3. The van der Waals surface area contributed by atoms with Crippen LogP contribution in [0.2, 0.25) is 0 Å². The zero-order chi connectivity index (χ0) is 22.1. The molecule has 1 aliphatic rings. The summed E-state index contributed by atoms with van der Waals surface area (Å²) >= 11 is 0. The Hall–Kier alpha value is -1.84. The number of nitrogens with one attached hydrogen (secondary N) is 3. The minimum atomic E-state index is -0.337. The smallest absolute Gasteiger partial charge is 0.230 e. The third-order valence-electron chi connectivity index (χ3n) is 5.52. The van der Waals surface area contributed by atoms with Crippen molar-refractivity contribution in [3.05, 3.63) is 29.8 Å². The number of carbonyl (C=O) groups is 2. The predicted molar refractivity (Wildman–Crippen MR) is 138 cm³/mol. The van der Waals surface area contributed by atoms with Crippen LogP contribution >= 0.6 is 24.0 Å². The number of amides is 2. The van der Waals surface area contributed by atoms with Gasteiger partial charge in [-0.1, -0.05) is 38.8 Å². The van der Waals surface area contributed by atoms with Crippen molar-refractivity contribution in [3.63, 3.8) is 0 Å². The largest absolute Gasteiger partial charge is 0.357 e. The molecule has 31 heavy (non-hydrogen) atoms. The van der Waals surface area contributed by atoms with Gasteiger partial charge >= 0.3 is 0 Å². The first kappa shape index (κ1) is 27.2. The van der Waals surface area contributed by atoms with Crippen molar-refractivity contribution in [2.24, 2.45) is 16.3 Å². The Morgan fingerprint density at radius 3 is 2.23 bits per heavy atom. The van der Waals surface area contributed by atoms with Gasteiger partial charge in [0.25, 0.3) is 0 Å². The van der Waals surface area contributed by atoms with E-state index in [1.807, 2.05) is 59.1 Å². The zero-order valence-corrected chi connectivity index (χ0v) is 21.8. The van der Waals surface area contributed by atoms with E-state index in [1.165, 1.54) is 0 Å². The molecule has 1 aromatic rings. The molecule has 0 saturated heterocycles. The molecule has 1 aliphatic carbocycles. The van der Waals surface area contributed by atoms with E-state index >= 15 is 0 Å². The summed E-state index contributed by atoms with van der Waals surface area (Å²) in [6.45, 7) is 7.63. The van der Waals surface area contributed by atoms with E-state index in [4.69, 9.17) is 0 Å². The minimum Gasteiger partial charge on any atom is -0.357 e. The van der Waals surface area contributed by atoms with Crippen LogP contribution in [0.1, 0.15) is 52.0 Å². The van der Waals surface area contributed by atoms with E-state index in [-0.39, 0.29) is 47.1 Å². The van der Waals surface area contributed by atoms with Crippen LogP contribution in [-0.2, 0) is 16.1 Å². The lowest BCUT2D eigenvalue weighted by Crippen LogP contribution is -2.49. The molecule has 1 saturated carbocycles. The fourth-order valence-corrected chi connectivity index (χ4v) is 3.74. The molecule has 3 N–H and O–H groups in total. The minimum absolute atomic E-state index is 0. The summed E-state index contributed by atoms with van der Waals surface area (Å²) in [6, 6.07) is 7.73. The van der Waals surface area contributed by atoms with Crippen molar-refractivity contribution in [1.82, 2.24) is 15.5 Å². The van der Waals surface area contributed by atoms with Crippen LogP contribution in [-0.4, -0.2) is 49.9 Å². The molecule has 2 rings (SSSR count). The Balaban J connectivity index is 0.00000480. The SMILES string of the molecule is CCNC(=NCc1ccc(NC(=O)C(C)C)cc1)NCC1(C(=O)N(C)C)CCCC1.I. The molecule has 0 aromatic heterocycles. The number of anilines is 1. The van der Waals surface area contributed by atoms with Crippen LogP contribution < -0.4 is 16.0 Å². The van der Waals surface area contributed by atoms with Crippen molar-refractivity contribution in [1.29, 1.82) is 0 Å². The van der Waals surface area contributed by atoms with Gasteiger partial charge in [0.15, 0.2) is 5.96 Å². The van der Waals surface area contributed by atoms with Gasteiger partial charge in [-0.05, 0) is 37.5 Å². The normalized spacial score (nSPS) is 15.2. The zero-order valence-electron chi connectivity index (χ0n) is 19.5. The molecule has 2 amide bonds. The maximum atomic E-state index is 12.8. The fourth-order valence-electron chi connectivity index (χ4n) is 3.74. The summed E-state index contributed by atoms with van der Waals surface area (Å²) in [5.41, 5.74) is 1.50. The van der Waals surface area contributed by atoms with Gasteiger partial charge in [0.2, 0.25) is 11.8 Å². The lowest BCUT2D eigenvalue weighted by Gasteiger charge is -2.31. The third-order valence-corrected chi connectivity index (χ3v) is 5.52. The van der Waals surface area contributed by atoms with Gasteiger partial charge in [-0.25, -0.2) is 4.99 Å². The molecule has 0 heterocycles. The molecule has 0 bridgehead atoms. The van der Waals surface area contributed by atoms with Gasteiger partial charge in [-0.3, -0.25) is 9.59 Å². The molecule has 174 valence electrons. The van der Waals surface area contributed by atoms with Crippen molar-refractivity contribution in [2.45, 2.75) is 53.0 Å². The Morgan fingerprint density at radius 1 is 1.10 bits per heavy atom. The first-order valence-electron chi connectivity index (χ1n) is 10.9. The van der Waals surface area contributed by atoms with Gasteiger partial charge in [-0.2, -0.15) is 0 Å². The molecular weight excluding hydrogens is 505 g/mol. The highest BCUT2D eigenvalue weighted by molar-refractivity contribution is 14.0. The lowest BCUT2D eigenvalue weighted by atomic mass is 9.84. The summed E-state index contributed by atoms with van der Waals surface area (Å²) < 4.78 is 0. The van der Waals surface area contributed by atoms with Crippen molar-refractivity contribution < 1.29 is 9.59 Å². The highest BCUT2D eigenvalue weighted by Gasteiger charge is 2.42. The van der Waals surface area contributed by atoms with Crippen LogP contribution in [0.4, 0.5) is 5.69 Å². The number of nitrogens with zero attached hydrogens (tertiary/aromatic N) is 2. The monoisotopic (exact) mass is 543 g/mol. The van der Waals surface area contributed by atoms with Crippen LogP contribution in [0.5, 0.6) is 0 Å². The Labute approximate surface area is 203 Å². The number of hydrogen-bond acceptors (Lipinski definition) is 3. The van der Waals surface area contributed by atoms with Gasteiger partial charge in [0.05, 0.1) is 12.0 Å². The maximum Gasteiger partial charge on any atom is 0.230 e. The van der Waals surface area contributed by atoms with Crippen LogP contribution in [0.3, 0.4) is 0 Å². The van der Waals surface area contributed by atoms with Gasteiger partial charge < -0.3 is 20.9 Å². The predicted octanol–water partition coefficient (Wildman–Crippen LogP) is 3.60. The molecule has 0 aliphatic heterocycles. The summed E-state index contributed by atoms with van der Waals surface area (Å²) in [7, 11) is 3.66. The first-order valence-corrected chi connectivity index (χ1v) is 10.9. The Bertz CT molecular complexity index is 741. The van der Waals surface area contributed by atoms with Crippen LogP contribution in [0.25, 0.3) is 0 Å². The number of halogens is 1. The number of aliphatic imine (C=N–C) groups is 1. The summed E-state index contributed by atoms with van der Waals surface area (Å²) in [4.78, 5) is 31.0. The molecule has 0 spiro atoms. The number of hydrogen-bond donors (Lipinski definition) is 3.